The molecule has 1 saturated carbocycles. The highest BCUT2D eigenvalue weighted by Crippen LogP contribution is 2.46. The maximum atomic E-state index is 11.6. The van der Waals surface area contributed by atoms with Crippen molar-refractivity contribution in [1.82, 2.24) is 0 Å². The van der Waals surface area contributed by atoms with Gasteiger partial charge in [-0.15, -0.1) is 0 Å². The van der Waals surface area contributed by atoms with Crippen molar-refractivity contribution in [3.05, 3.63) is 11.3 Å². The van der Waals surface area contributed by atoms with Crippen molar-refractivity contribution in [2.75, 3.05) is 14.2 Å². The number of carbonyl (C=O) groups excluding carboxylic acids is 1. The molecule has 1 N–H and O–H groups in total. The summed E-state index contributed by atoms with van der Waals surface area (Å²) < 4.78 is 15.6. The van der Waals surface area contributed by atoms with Crippen molar-refractivity contribution >= 4 is 5.97 Å². The number of carbonyl (C=O) groups is 1. The van der Waals surface area contributed by atoms with Crippen LogP contribution in [-0.2, 0) is 19.0 Å². The highest BCUT2D eigenvalue weighted by Gasteiger charge is 2.54. The summed E-state index contributed by atoms with van der Waals surface area (Å²) in [6, 6.07) is 0. The molecule has 0 saturated heterocycles. The van der Waals surface area contributed by atoms with E-state index in [-0.39, 0.29) is 11.7 Å². The third-order valence-electron chi connectivity index (χ3n) is 3.37. The van der Waals surface area contributed by atoms with Crippen LogP contribution in [0.5, 0.6) is 0 Å². The number of rotatable bonds is 2. The summed E-state index contributed by atoms with van der Waals surface area (Å²) in [5, 5.41) is 9.82. The van der Waals surface area contributed by atoms with Crippen molar-refractivity contribution in [3.63, 3.8) is 0 Å². The Labute approximate surface area is 94.0 Å². The molecule has 0 bridgehead atoms. The first-order valence-corrected chi connectivity index (χ1v) is 5.28. The van der Waals surface area contributed by atoms with Crippen molar-refractivity contribution in [3.8, 4) is 0 Å². The summed E-state index contributed by atoms with van der Waals surface area (Å²) in [6.07, 6.45) is 0.320. The van der Waals surface area contributed by atoms with Gasteiger partial charge in [-0.1, -0.05) is 6.92 Å². The van der Waals surface area contributed by atoms with Gasteiger partial charge in [0.1, 0.15) is 0 Å². The number of aliphatic hydroxyl groups is 1. The highest BCUT2D eigenvalue weighted by molar-refractivity contribution is 5.90. The first-order chi connectivity index (χ1) is 7.54. The van der Waals surface area contributed by atoms with E-state index in [1.807, 2.05) is 6.92 Å². The average molecular weight is 228 g/mol. The zero-order chi connectivity index (χ0) is 11.9. The molecule has 16 heavy (non-hydrogen) atoms. The molecule has 5 nitrogen and oxygen atoms in total. The van der Waals surface area contributed by atoms with Gasteiger partial charge in [0.15, 0.2) is 0 Å². The Hall–Kier alpha value is -1.07. The van der Waals surface area contributed by atoms with Gasteiger partial charge in [0, 0.05) is 20.0 Å². The SMILES string of the molecule is COC1=C2C[C@H](O)C(C)C[C@@]2(OC)OC1=O. The Bertz CT molecular complexity index is 348. The lowest BCUT2D eigenvalue weighted by molar-refractivity contribution is -0.209. The Morgan fingerprint density at radius 2 is 2.19 bits per heavy atom. The van der Waals surface area contributed by atoms with E-state index in [4.69, 9.17) is 14.2 Å². The molecule has 2 aliphatic rings. The lowest BCUT2D eigenvalue weighted by atomic mass is 9.80. The van der Waals surface area contributed by atoms with E-state index in [2.05, 4.69) is 0 Å². The third kappa shape index (κ3) is 1.43. The minimum atomic E-state index is -1.03. The normalized spacial score (nSPS) is 38.4. The minimum absolute atomic E-state index is 0.0210. The number of aliphatic hydroxyl groups excluding tert-OH is 1. The topological polar surface area (TPSA) is 65.0 Å². The molecule has 1 unspecified atom stereocenters. The average Bonchev–Trinajstić information content (AvgIpc) is 2.51. The number of hydrogen-bond donors (Lipinski definition) is 1. The predicted molar refractivity (Wildman–Crippen MR) is 54.3 cm³/mol. The van der Waals surface area contributed by atoms with Crippen LogP contribution in [0.1, 0.15) is 19.8 Å². The zero-order valence-electron chi connectivity index (χ0n) is 9.65. The summed E-state index contributed by atoms with van der Waals surface area (Å²) >= 11 is 0. The molecule has 1 aliphatic carbocycles. The molecule has 1 aliphatic heterocycles. The second kappa shape index (κ2) is 3.75. The number of ether oxygens (including phenoxy) is 3. The van der Waals surface area contributed by atoms with Crippen LogP contribution < -0.4 is 0 Å². The van der Waals surface area contributed by atoms with Crippen molar-refractivity contribution in [1.29, 1.82) is 0 Å². The van der Waals surface area contributed by atoms with Crippen LogP contribution in [0.4, 0.5) is 0 Å². The van der Waals surface area contributed by atoms with E-state index in [9.17, 15) is 9.90 Å². The van der Waals surface area contributed by atoms with Gasteiger partial charge in [-0.3, -0.25) is 0 Å². The Kier molecular flexibility index (Phi) is 2.67. The summed E-state index contributed by atoms with van der Waals surface area (Å²) in [7, 11) is 2.91. The molecule has 1 fully saturated rings. The molecule has 1 heterocycles. The molecular weight excluding hydrogens is 212 g/mol. The van der Waals surface area contributed by atoms with Gasteiger partial charge in [-0.2, -0.15) is 0 Å². The number of fused-ring (bicyclic) bond motifs is 1. The quantitative estimate of drug-likeness (QED) is 0.700. The summed E-state index contributed by atoms with van der Waals surface area (Å²) in [5.74, 6) is -1.35. The van der Waals surface area contributed by atoms with E-state index in [0.29, 0.717) is 18.4 Å². The number of hydrogen-bond acceptors (Lipinski definition) is 5. The van der Waals surface area contributed by atoms with E-state index in [1.54, 1.807) is 0 Å². The van der Waals surface area contributed by atoms with Crippen LogP contribution in [0, 0.1) is 5.92 Å². The minimum Gasteiger partial charge on any atom is -0.490 e. The zero-order valence-corrected chi connectivity index (χ0v) is 9.65. The summed E-state index contributed by atoms with van der Waals surface area (Å²) in [5.41, 5.74) is 0.619. The van der Waals surface area contributed by atoms with Gasteiger partial charge in [0.2, 0.25) is 11.5 Å². The molecule has 90 valence electrons. The van der Waals surface area contributed by atoms with Gasteiger partial charge >= 0.3 is 5.97 Å². The van der Waals surface area contributed by atoms with E-state index in [1.165, 1.54) is 14.2 Å². The van der Waals surface area contributed by atoms with E-state index >= 15 is 0 Å². The monoisotopic (exact) mass is 228 g/mol. The molecule has 0 aromatic carbocycles. The molecule has 0 amide bonds. The molecule has 3 atom stereocenters. The van der Waals surface area contributed by atoms with Crippen LogP contribution in [0.2, 0.25) is 0 Å². The highest BCUT2D eigenvalue weighted by atomic mass is 16.7. The molecule has 0 aromatic rings. The number of esters is 1. The molecule has 5 heteroatoms. The maximum absolute atomic E-state index is 11.6. The fraction of sp³-hybridized carbons (Fsp3) is 0.727. The lowest BCUT2D eigenvalue weighted by Gasteiger charge is -2.38. The van der Waals surface area contributed by atoms with Crippen molar-refractivity contribution < 1.29 is 24.1 Å². The van der Waals surface area contributed by atoms with Crippen molar-refractivity contribution in [2.24, 2.45) is 5.92 Å². The van der Waals surface area contributed by atoms with Gasteiger partial charge < -0.3 is 19.3 Å². The van der Waals surface area contributed by atoms with Crippen molar-refractivity contribution in [2.45, 2.75) is 31.7 Å². The Morgan fingerprint density at radius 3 is 2.75 bits per heavy atom. The Balaban J connectivity index is 2.42. The van der Waals surface area contributed by atoms with Crippen LogP contribution in [0.25, 0.3) is 0 Å². The van der Waals surface area contributed by atoms with Gasteiger partial charge in [-0.05, 0) is 5.92 Å². The summed E-state index contributed by atoms with van der Waals surface area (Å²) in [6.45, 7) is 1.90. The second-order valence-electron chi connectivity index (χ2n) is 4.31. The fourth-order valence-corrected chi connectivity index (χ4v) is 2.39. The third-order valence-corrected chi connectivity index (χ3v) is 3.37. The largest absolute Gasteiger partial charge is 0.490 e. The van der Waals surface area contributed by atoms with Gasteiger partial charge in [0.05, 0.1) is 18.8 Å². The van der Waals surface area contributed by atoms with Crippen LogP contribution in [0.15, 0.2) is 11.3 Å². The summed E-state index contributed by atoms with van der Waals surface area (Å²) in [4.78, 5) is 11.6. The predicted octanol–water partition coefficient (Wildman–Crippen LogP) is 0.577. The molecule has 0 spiro atoms. The van der Waals surface area contributed by atoms with Gasteiger partial charge in [0.25, 0.3) is 0 Å². The number of methoxy groups -OCH3 is 2. The molecule has 0 radical (unpaired) electrons. The Morgan fingerprint density at radius 1 is 1.50 bits per heavy atom. The van der Waals surface area contributed by atoms with Crippen LogP contribution >= 0.6 is 0 Å². The standard InChI is InChI=1S/C11H16O5/c1-6-5-11(15-3)7(4-8(6)12)9(14-2)10(13)16-11/h6,8,12H,4-5H2,1-3H3/t6?,8-,11+/m0/s1. The maximum Gasteiger partial charge on any atom is 0.376 e. The van der Waals surface area contributed by atoms with E-state index in [0.717, 1.165) is 0 Å². The molecular formula is C11H16O5. The smallest absolute Gasteiger partial charge is 0.376 e. The first kappa shape index (κ1) is 11.4. The molecule has 2 rings (SSSR count). The lowest BCUT2D eigenvalue weighted by Crippen LogP contribution is -2.44. The van der Waals surface area contributed by atoms with Crippen LogP contribution in [0.3, 0.4) is 0 Å². The molecule has 0 aromatic heterocycles. The fourth-order valence-electron chi connectivity index (χ4n) is 2.39. The second-order valence-corrected chi connectivity index (χ2v) is 4.31. The van der Waals surface area contributed by atoms with Gasteiger partial charge in [-0.25, -0.2) is 4.79 Å². The first-order valence-electron chi connectivity index (χ1n) is 5.28. The van der Waals surface area contributed by atoms with Crippen LogP contribution in [-0.4, -0.2) is 37.2 Å². The van der Waals surface area contributed by atoms with E-state index < -0.39 is 17.9 Å².